The molecule has 0 saturated heterocycles. The maximum atomic E-state index is 12.1. The zero-order valence-corrected chi connectivity index (χ0v) is 14.3. The Morgan fingerprint density at radius 1 is 1.44 bits per heavy atom. The van der Waals surface area contributed by atoms with Crippen molar-refractivity contribution in [1.29, 1.82) is 0 Å². The van der Waals surface area contributed by atoms with Crippen molar-refractivity contribution >= 4 is 44.4 Å². The molecule has 1 amide bonds. The van der Waals surface area contributed by atoms with Gasteiger partial charge in [-0.3, -0.25) is 4.79 Å². The molecule has 0 aliphatic carbocycles. The van der Waals surface area contributed by atoms with Crippen LogP contribution in [0.4, 0.5) is 0 Å². The summed E-state index contributed by atoms with van der Waals surface area (Å²) in [6.45, 7) is 4.58. The number of rotatable bonds is 5. The van der Waals surface area contributed by atoms with E-state index >= 15 is 0 Å². The number of benzene rings is 1. The first-order chi connectivity index (χ1) is 8.41. The molecule has 0 spiro atoms. The fourth-order valence-corrected chi connectivity index (χ4v) is 2.46. The highest BCUT2D eigenvalue weighted by Gasteiger charge is 2.21. The molecule has 0 heterocycles. The van der Waals surface area contributed by atoms with E-state index in [-0.39, 0.29) is 11.4 Å². The third-order valence-corrected chi connectivity index (χ3v) is 4.62. The standard InChI is InChI=1S/C13H18BrIN2O/c1-3-13(16,4-2)8-17-12(18)10-7-9(14)5-6-11(10)15/h5-7H,3-4,8,16H2,1-2H3,(H,17,18). The Balaban J connectivity index is 2.74. The molecule has 5 heteroatoms. The van der Waals surface area contributed by atoms with Crippen LogP contribution in [0, 0.1) is 3.57 Å². The summed E-state index contributed by atoms with van der Waals surface area (Å²) in [5.41, 5.74) is 6.53. The fraction of sp³-hybridized carbons (Fsp3) is 0.462. The predicted octanol–water partition coefficient (Wildman–Crippen LogP) is 3.30. The van der Waals surface area contributed by atoms with Crippen LogP contribution in [0.2, 0.25) is 0 Å². The van der Waals surface area contributed by atoms with Gasteiger partial charge >= 0.3 is 0 Å². The second-order valence-corrected chi connectivity index (χ2v) is 6.45. The van der Waals surface area contributed by atoms with Crippen LogP contribution in [-0.4, -0.2) is 18.0 Å². The molecule has 3 nitrogen and oxygen atoms in total. The lowest BCUT2D eigenvalue weighted by Crippen LogP contribution is -2.49. The monoisotopic (exact) mass is 424 g/mol. The van der Waals surface area contributed by atoms with E-state index in [4.69, 9.17) is 5.73 Å². The molecular weight excluding hydrogens is 407 g/mol. The average Bonchev–Trinajstić information content (AvgIpc) is 2.38. The minimum absolute atomic E-state index is 0.0718. The second kappa shape index (κ2) is 6.86. The third kappa shape index (κ3) is 4.20. The first-order valence-corrected chi connectivity index (χ1v) is 7.81. The lowest BCUT2D eigenvalue weighted by atomic mass is 9.94. The summed E-state index contributed by atoms with van der Waals surface area (Å²) in [4.78, 5) is 12.1. The van der Waals surface area contributed by atoms with Crippen molar-refractivity contribution < 1.29 is 4.79 Å². The largest absolute Gasteiger partial charge is 0.350 e. The summed E-state index contributed by atoms with van der Waals surface area (Å²) in [6, 6.07) is 5.66. The molecule has 100 valence electrons. The molecule has 3 N–H and O–H groups in total. The van der Waals surface area contributed by atoms with Gasteiger partial charge in [0.1, 0.15) is 0 Å². The van der Waals surface area contributed by atoms with Crippen molar-refractivity contribution in [3.63, 3.8) is 0 Å². The first kappa shape index (κ1) is 15.9. The maximum absolute atomic E-state index is 12.1. The molecule has 1 rings (SSSR count). The number of carbonyl (C=O) groups excluding carboxylic acids is 1. The van der Waals surface area contributed by atoms with Gasteiger partial charge in [-0.25, -0.2) is 0 Å². The van der Waals surface area contributed by atoms with Crippen molar-refractivity contribution in [3.05, 3.63) is 31.8 Å². The van der Waals surface area contributed by atoms with Crippen molar-refractivity contribution in [2.75, 3.05) is 6.54 Å². The smallest absolute Gasteiger partial charge is 0.252 e. The molecule has 0 saturated carbocycles. The lowest BCUT2D eigenvalue weighted by Gasteiger charge is -2.26. The minimum atomic E-state index is -0.312. The van der Waals surface area contributed by atoms with Crippen LogP contribution in [0.3, 0.4) is 0 Å². The van der Waals surface area contributed by atoms with Crippen LogP contribution in [0.25, 0.3) is 0 Å². The van der Waals surface area contributed by atoms with Crippen molar-refractivity contribution in [1.82, 2.24) is 5.32 Å². The normalized spacial score (nSPS) is 11.4. The van der Waals surface area contributed by atoms with Crippen LogP contribution in [-0.2, 0) is 0 Å². The number of hydrogen-bond donors (Lipinski definition) is 2. The molecule has 0 fully saturated rings. The average molecular weight is 425 g/mol. The maximum Gasteiger partial charge on any atom is 0.252 e. The van der Waals surface area contributed by atoms with Crippen LogP contribution >= 0.6 is 38.5 Å². The molecule has 0 aliphatic rings. The number of amides is 1. The molecule has 18 heavy (non-hydrogen) atoms. The zero-order chi connectivity index (χ0) is 13.8. The summed E-state index contributed by atoms with van der Waals surface area (Å²) >= 11 is 5.53. The Bertz CT molecular complexity index is 433. The van der Waals surface area contributed by atoms with Gasteiger partial charge in [0.15, 0.2) is 0 Å². The molecule has 0 bridgehead atoms. The summed E-state index contributed by atoms with van der Waals surface area (Å²) in [7, 11) is 0. The number of halogens is 2. The van der Waals surface area contributed by atoms with Crippen molar-refractivity contribution in [2.24, 2.45) is 5.73 Å². The van der Waals surface area contributed by atoms with Gasteiger partial charge in [0, 0.05) is 20.1 Å². The minimum Gasteiger partial charge on any atom is -0.350 e. The third-order valence-electron chi connectivity index (χ3n) is 3.18. The van der Waals surface area contributed by atoms with Gasteiger partial charge in [0.25, 0.3) is 5.91 Å². The summed E-state index contributed by atoms with van der Waals surface area (Å²) in [5, 5.41) is 2.92. The highest BCUT2D eigenvalue weighted by Crippen LogP contribution is 2.18. The molecule has 0 aliphatic heterocycles. The number of nitrogens with one attached hydrogen (secondary N) is 1. The Kier molecular flexibility index (Phi) is 6.07. The van der Waals surface area contributed by atoms with Gasteiger partial charge in [-0.15, -0.1) is 0 Å². The molecule has 1 aromatic carbocycles. The Morgan fingerprint density at radius 2 is 2.06 bits per heavy atom. The molecule has 1 aromatic rings. The second-order valence-electron chi connectivity index (χ2n) is 4.38. The van der Waals surface area contributed by atoms with Gasteiger partial charge in [-0.05, 0) is 53.6 Å². The van der Waals surface area contributed by atoms with E-state index in [0.29, 0.717) is 12.1 Å². The predicted molar refractivity (Wildman–Crippen MR) is 86.7 cm³/mol. The molecule has 0 unspecified atom stereocenters. The lowest BCUT2D eigenvalue weighted by molar-refractivity contribution is 0.0941. The van der Waals surface area contributed by atoms with E-state index < -0.39 is 0 Å². The van der Waals surface area contributed by atoms with E-state index in [0.717, 1.165) is 20.9 Å². The Hall–Kier alpha value is -0.140. The topological polar surface area (TPSA) is 55.1 Å². The van der Waals surface area contributed by atoms with Gasteiger partial charge in [-0.2, -0.15) is 0 Å². The summed E-state index contributed by atoms with van der Waals surface area (Å²) < 4.78 is 1.84. The van der Waals surface area contributed by atoms with Crippen molar-refractivity contribution in [2.45, 2.75) is 32.2 Å². The highest BCUT2D eigenvalue weighted by molar-refractivity contribution is 14.1. The van der Waals surface area contributed by atoms with E-state index in [1.807, 2.05) is 32.0 Å². The zero-order valence-electron chi connectivity index (χ0n) is 10.6. The molecular formula is C13H18BrIN2O. The summed E-state index contributed by atoms with van der Waals surface area (Å²) in [6.07, 6.45) is 1.69. The Labute approximate surface area is 130 Å². The van der Waals surface area contributed by atoms with Crippen molar-refractivity contribution in [3.8, 4) is 0 Å². The van der Waals surface area contributed by atoms with Crippen LogP contribution in [0.1, 0.15) is 37.0 Å². The van der Waals surface area contributed by atoms with Crippen LogP contribution in [0.15, 0.2) is 22.7 Å². The Morgan fingerprint density at radius 3 is 2.61 bits per heavy atom. The molecule has 0 atom stereocenters. The van der Waals surface area contributed by atoms with E-state index in [1.165, 1.54) is 0 Å². The van der Waals surface area contributed by atoms with Crippen LogP contribution in [0.5, 0.6) is 0 Å². The van der Waals surface area contributed by atoms with Crippen LogP contribution < -0.4 is 11.1 Å². The quantitative estimate of drug-likeness (QED) is 0.712. The van der Waals surface area contributed by atoms with Gasteiger partial charge in [-0.1, -0.05) is 29.8 Å². The van der Waals surface area contributed by atoms with Gasteiger partial charge in [0.2, 0.25) is 0 Å². The highest BCUT2D eigenvalue weighted by atomic mass is 127. The molecule has 0 aromatic heterocycles. The number of carbonyl (C=O) groups is 1. The van der Waals surface area contributed by atoms with E-state index in [1.54, 1.807) is 0 Å². The first-order valence-electron chi connectivity index (χ1n) is 5.94. The number of nitrogens with two attached hydrogens (primary N) is 1. The van der Waals surface area contributed by atoms with E-state index in [2.05, 4.69) is 43.8 Å². The SMILES string of the molecule is CCC(N)(CC)CNC(=O)c1cc(Br)ccc1I. The summed E-state index contributed by atoms with van der Waals surface area (Å²) in [5.74, 6) is -0.0718. The fourth-order valence-electron chi connectivity index (χ4n) is 1.52. The number of hydrogen-bond acceptors (Lipinski definition) is 2. The van der Waals surface area contributed by atoms with E-state index in [9.17, 15) is 4.79 Å². The van der Waals surface area contributed by atoms with Gasteiger partial charge < -0.3 is 11.1 Å². The molecule has 0 radical (unpaired) electrons. The van der Waals surface area contributed by atoms with Gasteiger partial charge in [0.05, 0.1) is 5.56 Å².